The Morgan fingerprint density at radius 3 is 1.90 bits per heavy atom. The Kier molecular flexibility index (Phi) is 12.4. The maximum Gasteiger partial charge on any atom is 0.336 e. The number of unbranched alkanes of at least 4 members (excludes halogenated alkanes) is 10. The maximum atomic E-state index is 12.1. The number of carboxylic acid groups (broad SMARTS) is 1. The lowest BCUT2D eigenvalue weighted by molar-refractivity contribution is -0.116. The van der Waals surface area contributed by atoms with Crippen LogP contribution in [0.1, 0.15) is 105 Å². The normalized spacial score (nSPS) is 10.6. The van der Waals surface area contributed by atoms with E-state index in [0.29, 0.717) is 17.2 Å². The minimum atomic E-state index is -1.30. The number of hydroxylamine groups is 2. The van der Waals surface area contributed by atoms with E-state index in [9.17, 15) is 24.7 Å². The number of carbonyl (C=O) groups is 3. The Morgan fingerprint density at radius 1 is 0.867 bits per heavy atom. The van der Waals surface area contributed by atoms with Gasteiger partial charge in [-0.1, -0.05) is 71.1 Å². The molecular weight excluding hydrogens is 384 g/mol. The van der Waals surface area contributed by atoms with Crippen molar-refractivity contribution in [3.8, 4) is 0 Å². The number of aromatic carboxylic acids is 1. The summed E-state index contributed by atoms with van der Waals surface area (Å²) in [5.74, 6) is -2.31. The molecule has 168 valence electrons. The summed E-state index contributed by atoms with van der Waals surface area (Å²) in [5, 5.41) is 21.6. The smallest absolute Gasteiger partial charge is 0.336 e. The number of benzene rings is 1. The average Bonchev–Trinajstić information content (AvgIpc) is 2.71. The van der Waals surface area contributed by atoms with E-state index in [-0.39, 0.29) is 17.0 Å². The molecule has 0 bridgehead atoms. The first-order valence-corrected chi connectivity index (χ1v) is 11.0. The summed E-state index contributed by atoms with van der Waals surface area (Å²) in [6.07, 6.45) is 13.6. The molecule has 7 heteroatoms. The average molecular weight is 421 g/mol. The Morgan fingerprint density at radius 2 is 1.40 bits per heavy atom. The first-order chi connectivity index (χ1) is 14.4. The van der Waals surface area contributed by atoms with E-state index in [0.717, 1.165) is 26.3 Å². The summed E-state index contributed by atoms with van der Waals surface area (Å²) in [4.78, 5) is 35.4. The molecule has 30 heavy (non-hydrogen) atoms. The molecule has 0 heterocycles. The van der Waals surface area contributed by atoms with Crippen molar-refractivity contribution in [2.45, 2.75) is 84.0 Å². The predicted molar refractivity (Wildman–Crippen MR) is 117 cm³/mol. The van der Waals surface area contributed by atoms with Crippen LogP contribution in [0.5, 0.6) is 0 Å². The molecule has 0 aliphatic rings. The van der Waals surface area contributed by atoms with Gasteiger partial charge in [0.25, 0.3) is 5.91 Å². The van der Waals surface area contributed by atoms with Crippen molar-refractivity contribution >= 4 is 23.5 Å². The fraction of sp³-hybridized carbons (Fsp3) is 0.609. The third-order valence-electron chi connectivity index (χ3n) is 5.07. The number of nitrogens with zero attached hydrogens (tertiary/aromatic N) is 1. The summed E-state index contributed by atoms with van der Waals surface area (Å²) >= 11 is 0. The van der Waals surface area contributed by atoms with Crippen molar-refractivity contribution in [1.29, 1.82) is 0 Å². The van der Waals surface area contributed by atoms with Crippen LogP contribution in [0.15, 0.2) is 18.2 Å². The number of carboxylic acids is 1. The molecule has 0 aliphatic carbocycles. The molecule has 0 atom stereocenters. The van der Waals surface area contributed by atoms with Crippen molar-refractivity contribution in [1.82, 2.24) is 5.06 Å². The van der Waals surface area contributed by atoms with Gasteiger partial charge < -0.3 is 10.4 Å². The lowest BCUT2D eigenvalue weighted by atomic mass is 10.0. The van der Waals surface area contributed by atoms with Gasteiger partial charge in [0.15, 0.2) is 0 Å². The highest BCUT2D eigenvalue weighted by atomic mass is 16.5. The monoisotopic (exact) mass is 420 g/mol. The van der Waals surface area contributed by atoms with Crippen LogP contribution in [0, 0.1) is 0 Å². The Hall–Kier alpha value is -2.41. The molecule has 1 rings (SSSR count). The van der Waals surface area contributed by atoms with E-state index < -0.39 is 11.9 Å². The van der Waals surface area contributed by atoms with Crippen LogP contribution in [-0.2, 0) is 4.79 Å². The Bertz CT molecular complexity index is 688. The van der Waals surface area contributed by atoms with Crippen LogP contribution in [0.2, 0.25) is 0 Å². The van der Waals surface area contributed by atoms with Gasteiger partial charge in [-0.2, -0.15) is 0 Å². The number of hydrogen-bond donors (Lipinski definition) is 3. The van der Waals surface area contributed by atoms with E-state index in [1.807, 2.05) is 0 Å². The number of rotatable bonds is 15. The van der Waals surface area contributed by atoms with Gasteiger partial charge in [0, 0.05) is 19.2 Å². The maximum absolute atomic E-state index is 12.1. The molecule has 1 aromatic carbocycles. The minimum Gasteiger partial charge on any atom is -0.478 e. The Balaban J connectivity index is 2.31. The first-order valence-electron chi connectivity index (χ1n) is 11.0. The molecule has 0 aliphatic heterocycles. The molecular formula is C23H36N2O5. The fourth-order valence-corrected chi connectivity index (χ4v) is 3.33. The highest BCUT2D eigenvalue weighted by molar-refractivity contribution is 6.05. The summed E-state index contributed by atoms with van der Waals surface area (Å²) in [6.45, 7) is 2.23. The summed E-state index contributed by atoms with van der Waals surface area (Å²) < 4.78 is 0. The minimum absolute atomic E-state index is 0.143. The lowest BCUT2D eigenvalue weighted by Crippen LogP contribution is -2.25. The molecule has 0 unspecified atom stereocenters. The topological polar surface area (TPSA) is 107 Å². The quantitative estimate of drug-likeness (QED) is 0.198. The second kappa shape index (κ2) is 14.6. The molecule has 2 amide bonds. The van der Waals surface area contributed by atoms with Gasteiger partial charge in [0.2, 0.25) is 5.91 Å². The van der Waals surface area contributed by atoms with Crippen LogP contribution >= 0.6 is 0 Å². The molecule has 0 saturated carbocycles. The summed E-state index contributed by atoms with van der Waals surface area (Å²) in [5.41, 5.74) is -0.0955. The molecule has 0 fully saturated rings. The summed E-state index contributed by atoms with van der Waals surface area (Å²) in [7, 11) is 1.12. The van der Waals surface area contributed by atoms with Gasteiger partial charge in [-0.3, -0.25) is 14.8 Å². The second-order valence-corrected chi connectivity index (χ2v) is 7.73. The van der Waals surface area contributed by atoms with Crippen LogP contribution < -0.4 is 5.32 Å². The van der Waals surface area contributed by atoms with Crippen LogP contribution in [-0.4, -0.2) is 40.2 Å². The molecule has 0 saturated heterocycles. The van der Waals surface area contributed by atoms with Gasteiger partial charge in [-0.05, 0) is 24.6 Å². The third kappa shape index (κ3) is 9.87. The number of nitrogens with one attached hydrogen (secondary N) is 1. The Labute approximate surface area is 179 Å². The van der Waals surface area contributed by atoms with Gasteiger partial charge >= 0.3 is 5.97 Å². The molecule has 0 spiro atoms. The zero-order chi connectivity index (χ0) is 22.4. The van der Waals surface area contributed by atoms with Crippen molar-refractivity contribution in [2.24, 2.45) is 0 Å². The van der Waals surface area contributed by atoms with Gasteiger partial charge in [-0.15, -0.1) is 0 Å². The lowest BCUT2D eigenvalue weighted by Gasteiger charge is -2.12. The van der Waals surface area contributed by atoms with Crippen LogP contribution in [0.3, 0.4) is 0 Å². The number of hydrogen-bond acceptors (Lipinski definition) is 4. The predicted octanol–water partition coefficient (Wildman–Crippen LogP) is 5.49. The van der Waals surface area contributed by atoms with E-state index in [1.165, 1.54) is 69.6 Å². The zero-order valence-corrected chi connectivity index (χ0v) is 18.3. The SMILES string of the molecule is CCCCCCCCCCCCCC(=O)Nc1ccc(C(=O)N(C)O)c(C(=O)O)c1. The van der Waals surface area contributed by atoms with Crippen molar-refractivity contribution in [3.05, 3.63) is 29.3 Å². The van der Waals surface area contributed by atoms with E-state index in [4.69, 9.17) is 0 Å². The standard InChI is InChI=1S/C23H36N2O5/c1-3-4-5-6-7-8-9-10-11-12-13-14-21(26)24-18-15-16-19(22(27)25(2)30)20(17-18)23(28)29/h15-17,30H,3-14H2,1-2H3,(H,24,26)(H,28,29). The van der Waals surface area contributed by atoms with Crippen molar-refractivity contribution in [3.63, 3.8) is 0 Å². The van der Waals surface area contributed by atoms with Crippen molar-refractivity contribution in [2.75, 3.05) is 12.4 Å². The number of anilines is 1. The van der Waals surface area contributed by atoms with E-state index >= 15 is 0 Å². The van der Waals surface area contributed by atoms with E-state index in [2.05, 4.69) is 12.2 Å². The largest absolute Gasteiger partial charge is 0.478 e. The highest BCUT2D eigenvalue weighted by Crippen LogP contribution is 2.18. The van der Waals surface area contributed by atoms with Gasteiger partial charge in [0.1, 0.15) is 0 Å². The number of amides is 2. The molecule has 0 radical (unpaired) electrons. The summed E-state index contributed by atoms with van der Waals surface area (Å²) in [6, 6.07) is 3.98. The van der Waals surface area contributed by atoms with Gasteiger partial charge in [0.05, 0.1) is 11.1 Å². The molecule has 0 aromatic heterocycles. The second-order valence-electron chi connectivity index (χ2n) is 7.73. The first kappa shape index (κ1) is 25.6. The molecule has 1 aromatic rings. The fourth-order valence-electron chi connectivity index (χ4n) is 3.33. The van der Waals surface area contributed by atoms with Crippen molar-refractivity contribution < 1.29 is 24.7 Å². The number of carbonyl (C=O) groups excluding carboxylic acids is 2. The zero-order valence-electron chi connectivity index (χ0n) is 18.3. The van der Waals surface area contributed by atoms with E-state index in [1.54, 1.807) is 0 Å². The van der Waals surface area contributed by atoms with Crippen LogP contribution in [0.25, 0.3) is 0 Å². The van der Waals surface area contributed by atoms with Crippen LogP contribution in [0.4, 0.5) is 5.69 Å². The van der Waals surface area contributed by atoms with Gasteiger partial charge in [-0.25, -0.2) is 9.86 Å². The highest BCUT2D eigenvalue weighted by Gasteiger charge is 2.19. The third-order valence-corrected chi connectivity index (χ3v) is 5.07. The molecule has 7 nitrogen and oxygen atoms in total. The molecule has 3 N–H and O–H groups in total.